The number of hydrogen-bond acceptors (Lipinski definition) is 3. The van der Waals surface area contributed by atoms with Crippen LogP contribution in [0.3, 0.4) is 0 Å². The zero-order valence-corrected chi connectivity index (χ0v) is 30.7. The molecule has 1 fully saturated rings. The quantitative estimate of drug-likeness (QED) is 0.225. The molecule has 1 aliphatic carbocycles. The lowest BCUT2D eigenvalue weighted by atomic mass is 9.83. The fourth-order valence-corrected chi connectivity index (χ4v) is 8.46. The second-order valence-corrected chi connectivity index (χ2v) is 21.1. The summed E-state index contributed by atoms with van der Waals surface area (Å²) < 4.78 is 13.3. The van der Waals surface area contributed by atoms with Gasteiger partial charge in [-0.25, -0.2) is 0 Å². The molecular weight excluding hydrogens is 583 g/mol. The molecule has 3 aromatic carbocycles. The van der Waals surface area contributed by atoms with Crippen molar-refractivity contribution >= 4 is 19.9 Å². The van der Waals surface area contributed by atoms with E-state index in [0.717, 1.165) is 52.6 Å². The van der Waals surface area contributed by atoms with E-state index >= 15 is 0 Å². The van der Waals surface area contributed by atoms with E-state index < -0.39 is 8.32 Å². The Morgan fingerprint density at radius 3 is 2.09 bits per heavy atom. The highest BCUT2D eigenvalue weighted by atomic mass is 28.4. The molecule has 5 heteroatoms. The first-order valence-electron chi connectivity index (χ1n) is 17.7. The predicted octanol–water partition coefficient (Wildman–Crippen LogP) is 11.5. The largest absolute Gasteiger partial charge is 0.457 e. The van der Waals surface area contributed by atoms with Crippen molar-refractivity contribution < 1.29 is 14.0 Å². The number of fused-ring (bicyclic) bond motifs is 2. The van der Waals surface area contributed by atoms with Gasteiger partial charge in [0.05, 0.1) is 0 Å². The Balaban J connectivity index is 1.35. The molecular formula is C41H57NO3Si. The second-order valence-electron chi connectivity index (χ2n) is 16.4. The van der Waals surface area contributed by atoms with E-state index in [1.165, 1.54) is 44.1 Å². The molecule has 1 atom stereocenters. The molecule has 46 heavy (non-hydrogen) atoms. The van der Waals surface area contributed by atoms with Crippen molar-refractivity contribution in [2.24, 2.45) is 5.92 Å². The van der Waals surface area contributed by atoms with Crippen LogP contribution >= 0.6 is 0 Å². The lowest BCUT2D eigenvalue weighted by Crippen LogP contribution is -2.44. The average Bonchev–Trinajstić information content (AvgIpc) is 2.99. The number of ether oxygens (including phenoxy) is 1. The number of carbonyl (C=O) groups is 1. The van der Waals surface area contributed by atoms with Gasteiger partial charge in [-0.2, -0.15) is 0 Å². The summed E-state index contributed by atoms with van der Waals surface area (Å²) in [4.78, 5) is 13.9. The molecule has 0 radical (unpaired) electrons. The van der Waals surface area contributed by atoms with E-state index in [1.54, 1.807) is 0 Å². The summed E-state index contributed by atoms with van der Waals surface area (Å²) in [6.07, 6.45) is 10.6. The SMILES string of the molecule is CC(C)(C)c1ccc(CC[C@H](CC2CCCCC2)O[Si](C)(C)C(C)(C)C)cc1NC(=O)CC1c2ccccc2Oc2ccccc21. The van der Waals surface area contributed by atoms with Crippen LogP contribution in [0.25, 0.3) is 0 Å². The standard InChI is InChI=1S/C41H57NO3Si/c1-40(2,3)35-25-23-30(22-24-31(26-29-16-10-9-11-17-29)45-46(7,8)41(4,5)6)27-36(35)42-39(43)28-34-32-18-12-14-20-37(32)44-38-21-15-13-19-33(34)38/h12-15,18-21,23,25,27,29,31,34H,9-11,16-17,22,24,26,28H2,1-8H3,(H,42,43)/t31-/m1/s1. The van der Waals surface area contributed by atoms with Crippen molar-refractivity contribution in [1.82, 2.24) is 0 Å². The number of carbonyl (C=O) groups excluding carboxylic acids is 1. The van der Waals surface area contributed by atoms with Crippen molar-refractivity contribution in [3.8, 4) is 11.5 Å². The Bertz CT molecular complexity index is 1450. The fraction of sp³-hybridized carbons (Fsp3) is 0.537. The van der Waals surface area contributed by atoms with Crippen LogP contribution < -0.4 is 10.1 Å². The van der Waals surface area contributed by atoms with Gasteiger partial charge in [-0.3, -0.25) is 4.79 Å². The molecule has 1 N–H and O–H groups in total. The van der Waals surface area contributed by atoms with Gasteiger partial charge in [0.15, 0.2) is 8.32 Å². The van der Waals surface area contributed by atoms with E-state index in [2.05, 4.69) is 90.3 Å². The van der Waals surface area contributed by atoms with Gasteiger partial charge >= 0.3 is 0 Å². The van der Waals surface area contributed by atoms with Crippen LogP contribution in [-0.2, 0) is 21.1 Å². The Kier molecular flexibility index (Phi) is 10.5. The smallest absolute Gasteiger partial charge is 0.225 e. The number of rotatable bonds is 10. The van der Waals surface area contributed by atoms with E-state index in [0.29, 0.717) is 6.42 Å². The van der Waals surface area contributed by atoms with Crippen molar-refractivity contribution in [3.63, 3.8) is 0 Å². The molecule has 0 spiro atoms. The Hall–Kier alpha value is -2.89. The molecule has 248 valence electrons. The summed E-state index contributed by atoms with van der Waals surface area (Å²) in [5.74, 6) is 2.41. The molecule has 0 saturated heterocycles. The average molecular weight is 640 g/mol. The zero-order chi connectivity index (χ0) is 33.1. The number of benzene rings is 3. The monoisotopic (exact) mass is 639 g/mol. The van der Waals surface area contributed by atoms with Crippen LogP contribution in [0.15, 0.2) is 66.7 Å². The summed E-state index contributed by atoms with van der Waals surface area (Å²) >= 11 is 0. The molecule has 0 aromatic heterocycles. The lowest BCUT2D eigenvalue weighted by Gasteiger charge is -2.40. The summed E-state index contributed by atoms with van der Waals surface area (Å²) in [7, 11) is -1.90. The van der Waals surface area contributed by atoms with Crippen molar-refractivity contribution in [2.75, 3.05) is 5.32 Å². The van der Waals surface area contributed by atoms with Crippen LogP contribution in [0.5, 0.6) is 11.5 Å². The molecule has 0 bridgehead atoms. The maximum absolute atomic E-state index is 13.9. The third-order valence-corrected chi connectivity index (χ3v) is 15.2. The van der Waals surface area contributed by atoms with Gasteiger partial charge in [-0.05, 0) is 78.1 Å². The summed E-state index contributed by atoms with van der Waals surface area (Å²) in [5, 5.41) is 3.56. The maximum atomic E-state index is 13.9. The molecule has 4 nitrogen and oxygen atoms in total. The Morgan fingerprint density at radius 1 is 0.891 bits per heavy atom. The molecule has 1 aliphatic heterocycles. The Morgan fingerprint density at radius 2 is 1.50 bits per heavy atom. The number of nitrogens with one attached hydrogen (secondary N) is 1. The number of hydrogen-bond donors (Lipinski definition) is 1. The fourth-order valence-electron chi connectivity index (χ4n) is 7.06. The van der Waals surface area contributed by atoms with Crippen LogP contribution in [0.1, 0.15) is 121 Å². The molecule has 3 aromatic rings. The number of para-hydroxylation sites is 2. The van der Waals surface area contributed by atoms with E-state index in [4.69, 9.17) is 9.16 Å². The van der Waals surface area contributed by atoms with Crippen molar-refractivity contribution in [3.05, 3.63) is 89.0 Å². The molecule has 2 aliphatic rings. The van der Waals surface area contributed by atoms with Crippen LogP contribution in [-0.4, -0.2) is 20.3 Å². The second kappa shape index (κ2) is 14.1. The first kappa shape index (κ1) is 34.4. The number of anilines is 1. The van der Waals surface area contributed by atoms with Crippen LogP contribution in [0.2, 0.25) is 18.1 Å². The third kappa shape index (κ3) is 8.33. The number of amides is 1. The van der Waals surface area contributed by atoms with E-state index in [1.807, 2.05) is 36.4 Å². The highest BCUT2D eigenvalue weighted by molar-refractivity contribution is 6.74. The van der Waals surface area contributed by atoms with Gasteiger partial charge in [0, 0.05) is 35.3 Å². The molecule has 1 heterocycles. The molecule has 5 rings (SSSR count). The minimum Gasteiger partial charge on any atom is -0.457 e. The first-order valence-corrected chi connectivity index (χ1v) is 20.6. The normalized spacial score (nSPS) is 16.7. The van der Waals surface area contributed by atoms with E-state index in [-0.39, 0.29) is 28.4 Å². The van der Waals surface area contributed by atoms with Gasteiger partial charge in [-0.1, -0.05) is 122 Å². The van der Waals surface area contributed by atoms with E-state index in [9.17, 15) is 4.79 Å². The highest BCUT2D eigenvalue weighted by Gasteiger charge is 2.39. The predicted molar refractivity (Wildman–Crippen MR) is 195 cm³/mol. The zero-order valence-electron chi connectivity index (χ0n) is 29.7. The number of aryl methyl sites for hydroxylation is 1. The first-order chi connectivity index (χ1) is 21.7. The minimum absolute atomic E-state index is 0.0237. The van der Waals surface area contributed by atoms with Crippen LogP contribution in [0.4, 0.5) is 5.69 Å². The third-order valence-electron chi connectivity index (χ3n) is 10.7. The van der Waals surface area contributed by atoms with Crippen LogP contribution in [0, 0.1) is 5.92 Å². The van der Waals surface area contributed by atoms with Crippen molar-refractivity contribution in [2.45, 2.75) is 135 Å². The van der Waals surface area contributed by atoms with Gasteiger partial charge < -0.3 is 14.5 Å². The summed E-state index contributed by atoms with van der Waals surface area (Å²) in [5.41, 5.74) is 5.37. The molecule has 1 amide bonds. The molecule has 1 saturated carbocycles. The van der Waals surface area contributed by atoms with Gasteiger partial charge in [0.2, 0.25) is 5.91 Å². The minimum atomic E-state index is -1.90. The van der Waals surface area contributed by atoms with Gasteiger partial charge in [0.1, 0.15) is 11.5 Å². The van der Waals surface area contributed by atoms with Gasteiger partial charge in [0.25, 0.3) is 0 Å². The van der Waals surface area contributed by atoms with Gasteiger partial charge in [-0.15, -0.1) is 0 Å². The maximum Gasteiger partial charge on any atom is 0.225 e. The summed E-state index contributed by atoms with van der Waals surface area (Å²) in [6.45, 7) is 18.5. The Labute approximate surface area is 279 Å². The van der Waals surface area contributed by atoms with Crippen molar-refractivity contribution in [1.29, 1.82) is 0 Å². The molecule has 0 unspecified atom stereocenters. The lowest BCUT2D eigenvalue weighted by molar-refractivity contribution is -0.116. The topological polar surface area (TPSA) is 47.6 Å². The highest BCUT2D eigenvalue weighted by Crippen LogP contribution is 2.46. The summed E-state index contributed by atoms with van der Waals surface area (Å²) in [6, 6.07) is 22.9.